The Kier molecular flexibility index (Phi) is 6.28. The number of carbonyl (C=O) groups excluding carboxylic acids is 2. The van der Waals surface area contributed by atoms with Crippen molar-refractivity contribution in [3.63, 3.8) is 0 Å². The van der Waals surface area contributed by atoms with Crippen LogP contribution in [-0.4, -0.2) is 36.2 Å². The summed E-state index contributed by atoms with van der Waals surface area (Å²) in [4.78, 5) is 22.8. The van der Waals surface area contributed by atoms with Gasteiger partial charge in [-0.3, -0.25) is 9.59 Å². The maximum atomic E-state index is 11.5. The number of amides is 1. The van der Waals surface area contributed by atoms with Crippen LogP contribution in [0.3, 0.4) is 0 Å². The highest BCUT2D eigenvalue weighted by Gasteiger charge is 2.41. The lowest BCUT2D eigenvalue weighted by atomic mass is 9.91. The first-order chi connectivity index (χ1) is 8.99. The second kappa shape index (κ2) is 7.48. The molecule has 1 rings (SSSR count). The maximum Gasteiger partial charge on any atom is 0.308 e. The van der Waals surface area contributed by atoms with E-state index < -0.39 is 6.10 Å². The molecule has 1 aliphatic carbocycles. The molecule has 1 aliphatic rings. The van der Waals surface area contributed by atoms with Gasteiger partial charge in [0.15, 0.2) is 0 Å². The van der Waals surface area contributed by atoms with Crippen molar-refractivity contribution in [2.24, 2.45) is 11.8 Å². The van der Waals surface area contributed by atoms with Crippen LogP contribution in [0.4, 0.5) is 0 Å². The number of methoxy groups -OCH3 is 1. The first kappa shape index (κ1) is 16.0. The van der Waals surface area contributed by atoms with Crippen LogP contribution in [0.25, 0.3) is 0 Å². The molecule has 0 bridgehead atoms. The number of rotatable bonds is 6. The predicted molar refractivity (Wildman–Crippen MR) is 71.4 cm³/mol. The summed E-state index contributed by atoms with van der Waals surface area (Å²) in [5.41, 5.74) is 0. The van der Waals surface area contributed by atoms with Crippen molar-refractivity contribution in [3.8, 4) is 0 Å². The van der Waals surface area contributed by atoms with Crippen LogP contribution in [0.1, 0.15) is 46.0 Å². The molecule has 0 spiro atoms. The Bertz CT molecular complexity index is 319. The second-order valence-electron chi connectivity index (χ2n) is 5.37. The summed E-state index contributed by atoms with van der Waals surface area (Å²) in [7, 11) is 1.37. The molecule has 0 aliphatic heterocycles. The number of hydrogen-bond donors (Lipinski definition) is 2. The fourth-order valence-corrected chi connectivity index (χ4v) is 2.92. The van der Waals surface area contributed by atoms with Gasteiger partial charge in [-0.25, -0.2) is 0 Å². The van der Waals surface area contributed by atoms with Gasteiger partial charge in [-0.2, -0.15) is 0 Å². The molecular weight excluding hydrogens is 246 g/mol. The molecule has 110 valence electrons. The molecule has 0 aromatic heterocycles. The van der Waals surface area contributed by atoms with Crippen molar-refractivity contribution >= 4 is 11.9 Å². The average Bonchev–Trinajstić information content (AvgIpc) is 2.75. The van der Waals surface area contributed by atoms with Crippen LogP contribution in [0, 0.1) is 11.8 Å². The van der Waals surface area contributed by atoms with E-state index in [0.29, 0.717) is 12.8 Å². The van der Waals surface area contributed by atoms with E-state index in [2.05, 4.69) is 12.2 Å². The van der Waals surface area contributed by atoms with Crippen molar-refractivity contribution in [1.82, 2.24) is 5.32 Å². The monoisotopic (exact) mass is 271 g/mol. The number of hydrogen-bond acceptors (Lipinski definition) is 4. The molecule has 2 N–H and O–H groups in total. The molecule has 1 fully saturated rings. The molecule has 0 radical (unpaired) electrons. The van der Waals surface area contributed by atoms with Crippen LogP contribution in [-0.2, 0) is 14.3 Å². The van der Waals surface area contributed by atoms with Gasteiger partial charge in [-0.15, -0.1) is 0 Å². The summed E-state index contributed by atoms with van der Waals surface area (Å²) in [6.07, 6.45) is 3.35. The zero-order valence-electron chi connectivity index (χ0n) is 12.0. The first-order valence-corrected chi connectivity index (χ1v) is 7.02. The van der Waals surface area contributed by atoms with Gasteiger partial charge < -0.3 is 15.2 Å². The van der Waals surface area contributed by atoms with Crippen molar-refractivity contribution in [3.05, 3.63) is 0 Å². The SMILES string of the molecule is CCCC[C@@H](NC(C)=O)[C@@H]1C[C@@H](C(=O)OC)C[C@@H]1O. The highest BCUT2D eigenvalue weighted by atomic mass is 16.5. The third kappa shape index (κ3) is 4.49. The zero-order chi connectivity index (χ0) is 14.4. The highest BCUT2D eigenvalue weighted by Crippen LogP contribution is 2.35. The molecule has 0 unspecified atom stereocenters. The molecule has 4 atom stereocenters. The summed E-state index contributed by atoms with van der Waals surface area (Å²) < 4.78 is 4.74. The van der Waals surface area contributed by atoms with Gasteiger partial charge in [0.2, 0.25) is 5.91 Å². The fourth-order valence-electron chi connectivity index (χ4n) is 2.92. The Labute approximate surface area is 114 Å². The van der Waals surface area contributed by atoms with E-state index in [0.717, 1.165) is 19.3 Å². The van der Waals surface area contributed by atoms with E-state index in [1.807, 2.05) is 0 Å². The Morgan fingerprint density at radius 1 is 1.42 bits per heavy atom. The van der Waals surface area contributed by atoms with Crippen molar-refractivity contribution in [2.75, 3.05) is 7.11 Å². The van der Waals surface area contributed by atoms with Crippen molar-refractivity contribution in [1.29, 1.82) is 0 Å². The number of carbonyl (C=O) groups is 2. The Balaban J connectivity index is 2.67. The van der Waals surface area contributed by atoms with Crippen LogP contribution < -0.4 is 5.32 Å². The number of esters is 1. The Morgan fingerprint density at radius 3 is 2.63 bits per heavy atom. The van der Waals surface area contributed by atoms with Gasteiger partial charge in [0, 0.05) is 18.9 Å². The molecule has 1 saturated carbocycles. The minimum atomic E-state index is -0.544. The molecule has 1 amide bonds. The standard InChI is InChI=1S/C14H25NO4/c1-4-5-6-12(15-9(2)16)11-7-10(8-13(11)17)14(18)19-3/h10-13,17H,4-8H2,1-3H3,(H,15,16)/t10-,11+,12-,13+/m1/s1. The minimum Gasteiger partial charge on any atom is -0.469 e. The van der Waals surface area contributed by atoms with E-state index in [1.165, 1.54) is 14.0 Å². The summed E-state index contributed by atoms with van der Waals surface area (Å²) in [5, 5.41) is 13.0. The second-order valence-corrected chi connectivity index (χ2v) is 5.37. The van der Waals surface area contributed by atoms with Gasteiger partial charge in [0.05, 0.1) is 19.1 Å². The van der Waals surface area contributed by atoms with Crippen LogP contribution >= 0.6 is 0 Å². The number of ether oxygens (including phenoxy) is 1. The molecule has 0 aromatic rings. The fraction of sp³-hybridized carbons (Fsp3) is 0.857. The Morgan fingerprint density at radius 2 is 2.11 bits per heavy atom. The van der Waals surface area contributed by atoms with Gasteiger partial charge >= 0.3 is 5.97 Å². The van der Waals surface area contributed by atoms with Gasteiger partial charge in [0.25, 0.3) is 0 Å². The number of unbranched alkanes of at least 4 members (excludes halogenated alkanes) is 1. The minimum absolute atomic E-state index is 0.0536. The molecule has 0 saturated heterocycles. The first-order valence-electron chi connectivity index (χ1n) is 7.02. The number of aliphatic hydroxyl groups is 1. The quantitative estimate of drug-likeness (QED) is 0.713. The summed E-state index contributed by atoms with van der Waals surface area (Å²) >= 11 is 0. The van der Waals surface area contributed by atoms with Crippen LogP contribution in [0.2, 0.25) is 0 Å². The van der Waals surface area contributed by atoms with Crippen LogP contribution in [0.5, 0.6) is 0 Å². The van der Waals surface area contributed by atoms with E-state index in [9.17, 15) is 14.7 Å². The van der Waals surface area contributed by atoms with Gasteiger partial charge in [0.1, 0.15) is 0 Å². The molecule has 19 heavy (non-hydrogen) atoms. The molecule has 5 nitrogen and oxygen atoms in total. The van der Waals surface area contributed by atoms with E-state index >= 15 is 0 Å². The summed E-state index contributed by atoms with van der Waals surface area (Å²) in [5.74, 6) is -0.657. The molecule has 5 heteroatoms. The summed E-state index contributed by atoms with van der Waals surface area (Å²) in [6, 6.07) is -0.0536. The lowest BCUT2D eigenvalue weighted by Crippen LogP contribution is -2.42. The predicted octanol–water partition coefficient (Wildman–Crippen LogP) is 1.24. The van der Waals surface area contributed by atoms with Gasteiger partial charge in [-0.1, -0.05) is 19.8 Å². The molecule has 0 heterocycles. The lowest BCUT2D eigenvalue weighted by molar-refractivity contribution is -0.145. The largest absolute Gasteiger partial charge is 0.469 e. The normalized spacial score (nSPS) is 27.9. The lowest BCUT2D eigenvalue weighted by Gasteiger charge is -2.26. The maximum absolute atomic E-state index is 11.5. The number of aliphatic hydroxyl groups excluding tert-OH is 1. The highest BCUT2D eigenvalue weighted by molar-refractivity contribution is 5.74. The van der Waals surface area contributed by atoms with Crippen molar-refractivity contribution < 1.29 is 19.4 Å². The molecule has 0 aromatic carbocycles. The van der Waals surface area contributed by atoms with E-state index in [1.54, 1.807) is 0 Å². The average molecular weight is 271 g/mol. The molecular formula is C14H25NO4. The third-order valence-corrected chi connectivity index (χ3v) is 3.89. The van der Waals surface area contributed by atoms with Gasteiger partial charge in [-0.05, 0) is 19.3 Å². The smallest absolute Gasteiger partial charge is 0.308 e. The number of nitrogens with one attached hydrogen (secondary N) is 1. The zero-order valence-corrected chi connectivity index (χ0v) is 12.0. The third-order valence-electron chi connectivity index (χ3n) is 3.89. The van der Waals surface area contributed by atoms with Crippen molar-refractivity contribution in [2.45, 2.75) is 58.1 Å². The van der Waals surface area contributed by atoms with Crippen LogP contribution in [0.15, 0.2) is 0 Å². The Hall–Kier alpha value is -1.10. The van der Waals surface area contributed by atoms with E-state index in [4.69, 9.17) is 4.74 Å². The summed E-state index contributed by atoms with van der Waals surface area (Å²) in [6.45, 7) is 3.57. The van der Waals surface area contributed by atoms with E-state index in [-0.39, 0.29) is 29.8 Å². The topological polar surface area (TPSA) is 75.6 Å².